The Morgan fingerprint density at radius 3 is 2.10 bits per heavy atom. The Hall–Kier alpha value is -1.68. The first-order valence-corrected chi connectivity index (χ1v) is 11.4. The van der Waals surface area contributed by atoms with Crippen molar-refractivity contribution in [3.8, 4) is 0 Å². The zero-order valence-electron chi connectivity index (χ0n) is 17.8. The van der Waals surface area contributed by atoms with Gasteiger partial charge < -0.3 is 14.9 Å². The van der Waals surface area contributed by atoms with Gasteiger partial charge in [0.1, 0.15) is 0 Å². The van der Waals surface area contributed by atoms with E-state index in [-0.39, 0.29) is 5.92 Å². The molecule has 0 aromatic heterocycles. The maximum atomic E-state index is 12.4. The molecular weight excluding hydrogens is 356 g/mol. The number of nitrogens with zero attached hydrogens (tertiary/aromatic N) is 2. The molecule has 29 heavy (non-hydrogen) atoms. The van der Waals surface area contributed by atoms with Crippen molar-refractivity contribution in [2.45, 2.75) is 37.7 Å². The predicted molar refractivity (Wildman–Crippen MR) is 120 cm³/mol. The molecule has 3 nitrogen and oxygen atoms in total. The maximum absolute atomic E-state index is 12.4. The first kappa shape index (κ1) is 20.6. The Morgan fingerprint density at radius 2 is 1.48 bits per heavy atom. The van der Waals surface area contributed by atoms with E-state index in [9.17, 15) is 5.11 Å². The number of hydrogen-bond donors (Lipinski definition) is 1. The summed E-state index contributed by atoms with van der Waals surface area (Å²) in [4.78, 5) is 4.99. The fourth-order valence-corrected chi connectivity index (χ4v) is 5.48. The van der Waals surface area contributed by atoms with Gasteiger partial charge in [0.15, 0.2) is 0 Å². The molecule has 2 aromatic rings. The highest BCUT2D eigenvalue weighted by Gasteiger charge is 2.46. The maximum Gasteiger partial charge on any atom is 0.0967 e. The second-order valence-electron chi connectivity index (χ2n) is 9.16. The van der Waals surface area contributed by atoms with Gasteiger partial charge in [-0.15, -0.1) is 0 Å². The number of aliphatic hydroxyl groups is 1. The Morgan fingerprint density at radius 1 is 0.897 bits per heavy atom. The second kappa shape index (κ2) is 9.42. The predicted octanol–water partition coefficient (Wildman–Crippen LogP) is 4.17. The van der Waals surface area contributed by atoms with Crippen LogP contribution in [0, 0.1) is 11.8 Å². The van der Waals surface area contributed by atoms with Crippen LogP contribution in [0.4, 0.5) is 0 Å². The largest absolute Gasteiger partial charge is 0.385 e. The van der Waals surface area contributed by atoms with Crippen molar-refractivity contribution in [1.29, 1.82) is 0 Å². The second-order valence-corrected chi connectivity index (χ2v) is 9.16. The van der Waals surface area contributed by atoms with Gasteiger partial charge in [-0.05, 0) is 43.4 Å². The van der Waals surface area contributed by atoms with E-state index in [0.717, 1.165) is 57.5 Å². The molecule has 1 N–H and O–H groups in total. The van der Waals surface area contributed by atoms with Crippen LogP contribution in [0.25, 0.3) is 0 Å². The number of likely N-dealkylation sites (N-methyl/N-ethyl adjacent to an activating group) is 1. The van der Waals surface area contributed by atoms with Crippen LogP contribution in [0.3, 0.4) is 0 Å². The average Bonchev–Trinajstić information content (AvgIpc) is 3.31. The topological polar surface area (TPSA) is 26.7 Å². The molecular formula is C26H36N2O. The van der Waals surface area contributed by atoms with Gasteiger partial charge in [0, 0.05) is 38.6 Å². The summed E-state index contributed by atoms with van der Waals surface area (Å²) in [5.74, 6) is 0.546. The van der Waals surface area contributed by atoms with E-state index in [1.165, 1.54) is 18.4 Å². The van der Waals surface area contributed by atoms with Crippen molar-refractivity contribution >= 4 is 0 Å². The van der Waals surface area contributed by atoms with Gasteiger partial charge in [0.05, 0.1) is 5.60 Å². The molecule has 1 aliphatic carbocycles. The summed E-state index contributed by atoms with van der Waals surface area (Å²) >= 11 is 0. The van der Waals surface area contributed by atoms with Crippen molar-refractivity contribution in [2.75, 3.05) is 39.8 Å². The lowest BCUT2D eigenvalue weighted by Gasteiger charge is -2.45. The van der Waals surface area contributed by atoms with E-state index in [1.54, 1.807) is 0 Å². The third-order valence-electron chi connectivity index (χ3n) is 7.24. The van der Waals surface area contributed by atoms with E-state index < -0.39 is 5.60 Å². The summed E-state index contributed by atoms with van der Waals surface area (Å²) in [6.45, 7) is 5.38. The lowest BCUT2D eigenvalue weighted by atomic mass is 9.69. The molecule has 1 saturated heterocycles. The molecule has 1 heterocycles. The molecule has 1 aliphatic heterocycles. The third-order valence-corrected chi connectivity index (χ3v) is 7.24. The minimum Gasteiger partial charge on any atom is -0.385 e. The molecule has 2 aliphatic rings. The van der Waals surface area contributed by atoms with Gasteiger partial charge in [0.25, 0.3) is 0 Å². The summed E-state index contributed by atoms with van der Waals surface area (Å²) in [7, 11) is 2.21. The lowest BCUT2D eigenvalue weighted by molar-refractivity contribution is -0.0867. The zero-order valence-corrected chi connectivity index (χ0v) is 17.8. The van der Waals surface area contributed by atoms with E-state index in [0.29, 0.717) is 5.92 Å². The number of hydrogen-bond acceptors (Lipinski definition) is 3. The van der Waals surface area contributed by atoms with Crippen LogP contribution >= 0.6 is 0 Å². The molecule has 156 valence electrons. The van der Waals surface area contributed by atoms with Crippen molar-refractivity contribution < 1.29 is 5.11 Å². The smallest absolute Gasteiger partial charge is 0.0967 e. The standard InChI is InChI=1S/C26H36N2O/c1-27-16-18-28(19-17-27)21-25(20-22-10-4-2-5-11-22)26(29,24-14-8-9-15-24)23-12-6-3-7-13-23/h2-7,10-13,24-25,29H,8-9,14-21H2,1H3. The molecule has 0 amide bonds. The van der Waals surface area contributed by atoms with Crippen LogP contribution in [0.2, 0.25) is 0 Å². The Bertz CT molecular complexity index is 736. The highest BCUT2D eigenvalue weighted by molar-refractivity contribution is 5.27. The Labute approximate surface area is 176 Å². The SMILES string of the molecule is CN1CCN(CC(Cc2ccccc2)C(O)(c2ccccc2)C2CCCC2)CC1. The molecule has 0 radical (unpaired) electrons. The van der Waals surface area contributed by atoms with Gasteiger partial charge in [-0.1, -0.05) is 73.5 Å². The van der Waals surface area contributed by atoms with E-state index in [1.807, 2.05) is 0 Å². The highest BCUT2D eigenvalue weighted by atomic mass is 16.3. The zero-order chi connectivity index (χ0) is 20.1. The van der Waals surface area contributed by atoms with E-state index >= 15 is 0 Å². The molecule has 2 aromatic carbocycles. The van der Waals surface area contributed by atoms with Crippen molar-refractivity contribution in [2.24, 2.45) is 11.8 Å². The van der Waals surface area contributed by atoms with Gasteiger partial charge in [-0.3, -0.25) is 0 Å². The molecule has 0 spiro atoms. The van der Waals surface area contributed by atoms with Crippen LogP contribution in [0.5, 0.6) is 0 Å². The lowest BCUT2D eigenvalue weighted by Crippen LogP contribution is -2.52. The van der Waals surface area contributed by atoms with Crippen molar-refractivity contribution in [1.82, 2.24) is 9.80 Å². The number of piperazine rings is 1. The van der Waals surface area contributed by atoms with Crippen LogP contribution in [0.1, 0.15) is 36.8 Å². The van der Waals surface area contributed by atoms with E-state index in [2.05, 4.69) is 77.5 Å². The van der Waals surface area contributed by atoms with Crippen LogP contribution < -0.4 is 0 Å². The summed E-state index contributed by atoms with van der Waals surface area (Å²) in [6, 6.07) is 21.3. The van der Waals surface area contributed by atoms with Gasteiger partial charge in [-0.25, -0.2) is 0 Å². The quantitative estimate of drug-likeness (QED) is 0.766. The average molecular weight is 393 g/mol. The fraction of sp³-hybridized carbons (Fsp3) is 0.538. The van der Waals surface area contributed by atoms with Gasteiger partial charge >= 0.3 is 0 Å². The van der Waals surface area contributed by atoms with E-state index in [4.69, 9.17) is 0 Å². The normalized spacial score (nSPS) is 22.4. The summed E-state index contributed by atoms with van der Waals surface area (Å²) in [6.07, 6.45) is 5.69. The van der Waals surface area contributed by atoms with Gasteiger partial charge in [-0.2, -0.15) is 0 Å². The minimum absolute atomic E-state index is 0.193. The number of benzene rings is 2. The molecule has 2 unspecified atom stereocenters. The Kier molecular flexibility index (Phi) is 6.69. The molecule has 0 bridgehead atoms. The third kappa shape index (κ3) is 4.74. The summed E-state index contributed by atoms with van der Waals surface area (Å²) in [5, 5.41) is 12.4. The fourth-order valence-electron chi connectivity index (χ4n) is 5.48. The van der Waals surface area contributed by atoms with Crippen LogP contribution in [-0.4, -0.2) is 54.7 Å². The molecule has 2 atom stereocenters. The van der Waals surface area contributed by atoms with Crippen LogP contribution in [-0.2, 0) is 12.0 Å². The minimum atomic E-state index is -0.767. The van der Waals surface area contributed by atoms with Crippen molar-refractivity contribution in [3.63, 3.8) is 0 Å². The monoisotopic (exact) mass is 392 g/mol. The highest BCUT2D eigenvalue weighted by Crippen LogP contribution is 2.46. The first-order valence-electron chi connectivity index (χ1n) is 11.4. The Balaban J connectivity index is 1.67. The summed E-state index contributed by atoms with van der Waals surface area (Å²) in [5.41, 5.74) is 1.68. The molecule has 1 saturated carbocycles. The summed E-state index contributed by atoms with van der Waals surface area (Å²) < 4.78 is 0. The van der Waals surface area contributed by atoms with Crippen LogP contribution in [0.15, 0.2) is 60.7 Å². The molecule has 3 heteroatoms. The number of rotatable bonds is 7. The van der Waals surface area contributed by atoms with Gasteiger partial charge in [0.2, 0.25) is 0 Å². The molecule has 4 rings (SSSR count). The van der Waals surface area contributed by atoms with Crippen molar-refractivity contribution in [3.05, 3.63) is 71.8 Å². The first-order chi connectivity index (χ1) is 14.2. The molecule has 2 fully saturated rings.